The van der Waals surface area contributed by atoms with Crippen LogP contribution in [0.4, 0.5) is 0 Å². The first-order valence-corrected chi connectivity index (χ1v) is 6.77. The van der Waals surface area contributed by atoms with Crippen molar-refractivity contribution in [2.45, 2.75) is 38.9 Å². The molecular formula is C14H18N4O2. The molecule has 1 aliphatic rings. The summed E-state index contributed by atoms with van der Waals surface area (Å²) in [5.41, 5.74) is 1.41. The lowest BCUT2D eigenvalue weighted by Crippen LogP contribution is -2.07. The Labute approximate surface area is 117 Å². The lowest BCUT2D eigenvalue weighted by molar-refractivity contribution is 0.248. The van der Waals surface area contributed by atoms with E-state index >= 15 is 0 Å². The van der Waals surface area contributed by atoms with Crippen molar-refractivity contribution in [1.82, 2.24) is 19.7 Å². The molecular weight excluding hydrogens is 256 g/mol. The molecule has 0 aromatic carbocycles. The van der Waals surface area contributed by atoms with Crippen LogP contribution in [0.15, 0.2) is 12.1 Å². The minimum Gasteiger partial charge on any atom is -0.484 e. The van der Waals surface area contributed by atoms with Gasteiger partial charge < -0.3 is 14.4 Å². The van der Waals surface area contributed by atoms with Gasteiger partial charge in [-0.25, -0.2) is 0 Å². The van der Waals surface area contributed by atoms with Gasteiger partial charge in [-0.1, -0.05) is 0 Å². The Morgan fingerprint density at radius 1 is 1.35 bits per heavy atom. The van der Waals surface area contributed by atoms with Crippen molar-refractivity contribution in [2.24, 2.45) is 7.05 Å². The fourth-order valence-corrected chi connectivity index (χ4v) is 2.18. The highest BCUT2D eigenvalue weighted by molar-refractivity contribution is 5.28. The Morgan fingerprint density at radius 2 is 2.15 bits per heavy atom. The quantitative estimate of drug-likeness (QED) is 0.893. The van der Waals surface area contributed by atoms with E-state index < -0.39 is 0 Å². The van der Waals surface area contributed by atoms with E-state index in [1.165, 1.54) is 12.8 Å². The fourth-order valence-electron chi connectivity index (χ4n) is 2.18. The summed E-state index contributed by atoms with van der Waals surface area (Å²) in [6.07, 6.45) is 2.40. The molecule has 1 saturated carbocycles. The molecule has 1 aliphatic carbocycles. The monoisotopic (exact) mass is 274 g/mol. The molecule has 0 saturated heterocycles. The molecule has 6 nitrogen and oxygen atoms in total. The van der Waals surface area contributed by atoms with E-state index in [1.807, 2.05) is 30.7 Å². The number of nitrogens with zero attached hydrogens (tertiary/aromatic N) is 4. The molecule has 106 valence electrons. The molecule has 2 aromatic heterocycles. The summed E-state index contributed by atoms with van der Waals surface area (Å²) in [4.78, 5) is 4.25. The van der Waals surface area contributed by atoms with E-state index in [1.54, 1.807) is 0 Å². The maximum atomic E-state index is 9.30. The summed E-state index contributed by atoms with van der Waals surface area (Å²) in [6, 6.07) is 3.69. The van der Waals surface area contributed by atoms with E-state index in [0.29, 0.717) is 24.0 Å². The number of pyridine rings is 1. The Bertz CT molecular complexity index is 620. The smallest absolute Gasteiger partial charge is 0.170 e. The van der Waals surface area contributed by atoms with Crippen LogP contribution >= 0.6 is 0 Å². The van der Waals surface area contributed by atoms with Crippen LogP contribution in [0.3, 0.4) is 0 Å². The van der Waals surface area contributed by atoms with Crippen LogP contribution in [0, 0.1) is 6.92 Å². The van der Waals surface area contributed by atoms with E-state index in [-0.39, 0.29) is 6.61 Å². The first kappa shape index (κ1) is 13.1. The molecule has 0 radical (unpaired) electrons. The van der Waals surface area contributed by atoms with E-state index in [4.69, 9.17) is 4.74 Å². The van der Waals surface area contributed by atoms with Crippen molar-refractivity contribution in [3.8, 4) is 5.75 Å². The highest BCUT2D eigenvalue weighted by Gasteiger charge is 2.29. The second kappa shape index (κ2) is 5.20. The summed E-state index contributed by atoms with van der Waals surface area (Å²) in [7, 11) is 1.96. The average Bonchev–Trinajstić information content (AvgIpc) is 3.22. The summed E-state index contributed by atoms with van der Waals surface area (Å²) in [5.74, 6) is 2.98. The van der Waals surface area contributed by atoms with Gasteiger partial charge in [0.05, 0.1) is 6.61 Å². The van der Waals surface area contributed by atoms with Crippen LogP contribution < -0.4 is 4.74 Å². The maximum Gasteiger partial charge on any atom is 0.170 e. The van der Waals surface area contributed by atoms with Crippen LogP contribution in [0.2, 0.25) is 0 Å². The van der Waals surface area contributed by atoms with Crippen LogP contribution in [0.1, 0.15) is 41.8 Å². The number of aliphatic hydroxyl groups is 1. The first-order chi connectivity index (χ1) is 9.69. The van der Waals surface area contributed by atoms with Crippen molar-refractivity contribution in [2.75, 3.05) is 0 Å². The summed E-state index contributed by atoms with van der Waals surface area (Å²) in [5, 5.41) is 17.7. The van der Waals surface area contributed by atoms with Crippen LogP contribution in [0.25, 0.3) is 0 Å². The molecule has 3 rings (SSSR count). The number of rotatable bonds is 5. The molecule has 1 fully saturated rings. The topological polar surface area (TPSA) is 73.1 Å². The number of aryl methyl sites for hydroxylation is 1. The van der Waals surface area contributed by atoms with Gasteiger partial charge in [0.25, 0.3) is 0 Å². The Morgan fingerprint density at radius 3 is 2.85 bits per heavy atom. The third kappa shape index (κ3) is 2.51. The lowest BCUT2D eigenvalue weighted by atomic mass is 10.3. The molecule has 1 N–H and O–H groups in total. The second-order valence-corrected chi connectivity index (χ2v) is 5.15. The second-order valence-electron chi connectivity index (χ2n) is 5.15. The summed E-state index contributed by atoms with van der Waals surface area (Å²) < 4.78 is 7.72. The van der Waals surface area contributed by atoms with Crippen molar-refractivity contribution in [3.05, 3.63) is 35.2 Å². The minimum atomic E-state index is -0.136. The highest BCUT2D eigenvalue weighted by Crippen LogP contribution is 2.38. The summed E-state index contributed by atoms with van der Waals surface area (Å²) >= 11 is 0. The largest absolute Gasteiger partial charge is 0.484 e. The van der Waals surface area contributed by atoms with E-state index in [0.717, 1.165) is 17.3 Å². The minimum absolute atomic E-state index is 0.136. The third-order valence-electron chi connectivity index (χ3n) is 3.52. The van der Waals surface area contributed by atoms with Gasteiger partial charge in [0.2, 0.25) is 0 Å². The first-order valence-electron chi connectivity index (χ1n) is 6.77. The Balaban J connectivity index is 1.73. The predicted octanol–water partition coefficient (Wildman–Crippen LogP) is 1.47. The zero-order valence-corrected chi connectivity index (χ0v) is 11.7. The Kier molecular flexibility index (Phi) is 3.40. The number of aliphatic hydroxyl groups excluding tert-OH is 1. The molecule has 0 atom stereocenters. The molecule has 0 amide bonds. The standard InChI is InChI=1S/C14H18N4O2/c1-9-3-6-12(11(7-19)15-9)20-8-13-16-17-14(18(13)2)10-4-5-10/h3,6,10,19H,4-5,7-8H2,1-2H3. The molecule has 2 heterocycles. The maximum absolute atomic E-state index is 9.30. The zero-order chi connectivity index (χ0) is 14.1. The number of aromatic nitrogens is 4. The predicted molar refractivity (Wildman–Crippen MR) is 72.2 cm³/mol. The van der Waals surface area contributed by atoms with Crippen LogP contribution in [0.5, 0.6) is 5.75 Å². The highest BCUT2D eigenvalue weighted by atomic mass is 16.5. The van der Waals surface area contributed by atoms with Crippen molar-refractivity contribution < 1.29 is 9.84 Å². The van der Waals surface area contributed by atoms with Gasteiger partial charge in [-0.15, -0.1) is 10.2 Å². The molecule has 0 bridgehead atoms. The van der Waals surface area contributed by atoms with E-state index in [2.05, 4.69) is 15.2 Å². The van der Waals surface area contributed by atoms with Gasteiger partial charge in [0.1, 0.15) is 23.9 Å². The Hall–Kier alpha value is -1.95. The van der Waals surface area contributed by atoms with Crippen LogP contribution in [-0.4, -0.2) is 24.9 Å². The zero-order valence-electron chi connectivity index (χ0n) is 11.7. The van der Waals surface area contributed by atoms with Gasteiger partial charge >= 0.3 is 0 Å². The molecule has 6 heteroatoms. The van der Waals surface area contributed by atoms with Gasteiger partial charge in [-0.3, -0.25) is 4.98 Å². The van der Waals surface area contributed by atoms with Crippen molar-refractivity contribution >= 4 is 0 Å². The average molecular weight is 274 g/mol. The van der Waals surface area contributed by atoms with Crippen molar-refractivity contribution in [3.63, 3.8) is 0 Å². The molecule has 0 spiro atoms. The SMILES string of the molecule is Cc1ccc(OCc2nnc(C3CC3)n2C)c(CO)n1. The van der Waals surface area contributed by atoms with Gasteiger partial charge in [-0.2, -0.15) is 0 Å². The number of hydrogen-bond acceptors (Lipinski definition) is 5. The normalized spacial score (nSPS) is 14.6. The van der Waals surface area contributed by atoms with E-state index in [9.17, 15) is 5.11 Å². The molecule has 20 heavy (non-hydrogen) atoms. The third-order valence-corrected chi connectivity index (χ3v) is 3.52. The van der Waals surface area contributed by atoms with Gasteiger partial charge in [-0.05, 0) is 31.9 Å². The number of hydrogen-bond donors (Lipinski definition) is 1. The van der Waals surface area contributed by atoms with Gasteiger partial charge in [0, 0.05) is 18.7 Å². The summed E-state index contributed by atoms with van der Waals surface area (Å²) in [6.45, 7) is 2.07. The van der Waals surface area contributed by atoms with Crippen molar-refractivity contribution in [1.29, 1.82) is 0 Å². The fraction of sp³-hybridized carbons (Fsp3) is 0.500. The molecule has 0 unspecified atom stereocenters. The van der Waals surface area contributed by atoms with Gasteiger partial charge in [0.15, 0.2) is 5.82 Å². The molecule has 2 aromatic rings. The lowest BCUT2D eigenvalue weighted by Gasteiger charge is -2.10. The number of ether oxygens (including phenoxy) is 1. The molecule has 0 aliphatic heterocycles. The van der Waals surface area contributed by atoms with Crippen LogP contribution in [-0.2, 0) is 20.3 Å².